The highest BCUT2D eigenvalue weighted by molar-refractivity contribution is 7.91. The number of hydrogen-bond acceptors (Lipinski definition) is 8. The zero-order chi connectivity index (χ0) is 24.2. The van der Waals surface area contributed by atoms with E-state index < -0.39 is 9.84 Å². The molecular formula is C26H18N4O4S. The molecule has 35 heavy (non-hydrogen) atoms. The van der Waals surface area contributed by atoms with Gasteiger partial charge >= 0.3 is 0 Å². The van der Waals surface area contributed by atoms with Crippen molar-refractivity contribution >= 4 is 43.4 Å². The van der Waals surface area contributed by atoms with E-state index in [-0.39, 0.29) is 9.79 Å². The van der Waals surface area contributed by atoms with Gasteiger partial charge in [0.05, 0.1) is 9.79 Å². The van der Waals surface area contributed by atoms with Gasteiger partial charge in [-0.25, -0.2) is 18.4 Å². The van der Waals surface area contributed by atoms with Crippen LogP contribution in [0.25, 0.3) is 45.1 Å². The van der Waals surface area contributed by atoms with Crippen molar-refractivity contribution in [3.63, 3.8) is 0 Å². The van der Waals surface area contributed by atoms with Crippen LogP contribution in [0.3, 0.4) is 0 Å². The molecule has 0 saturated heterocycles. The third-order valence-corrected chi connectivity index (χ3v) is 7.36. The predicted molar refractivity (Wildman–Crippen MR) is 133 cm³/mol. The van der Waals surface area contributed by atoms with Crippen molar-refractivity contribution in [2.24, 2.45) is 0 Å². The fourth-order valence-corrected chi connectivity index (χ4v) is 5.16. The molecule has 4 aromatic carbocycles. The van der Waals surface area contributed by atoms with Crippen LogP contribution in [0.1, 0.15) is 0 Å². The Morgan fingerprint density at radius 1 is 0.600 bits per heavy atom. The first kappa shape index (κ1) is 20.9. The molecule has 4 N–H and O–H groups in total. The first-order valence-corrected chi connectivity index (χ1v) is 12.1. The number of nitrogen functional groups attached to an aromatic ring is 2. The highest BCUT2D eigenvalue weighted by atomic mass is 32.2. The van der Waals surface area contributed by atoms with Crippen molar-refractivity contribution < 1.29 is 17.3 Å². The molecule has 0 aliphatic heterocycles. The molecule has 0 aliphatic carbocycles. The topological polar surface area (TPSA) is 138 Å². The minimum absolute atomic E-state index is 0.0789. The largest absolute Gasteiger partial charge is 0.436 e. The molecule has 0 spiro atoms. The van der Waals surface area contributed by atoms with Crippen LogP contribution in [0.4, 0.5) is 11.4 Å². The van der Waals surface area contributed by atoms with Gasteiger partial charge in [0.15, 0.2) is 11.2 Å². The van der Waals surface area contributed by atoms with Crippen LogP contribution in [0.2, 0.25) is 0 Å². The summed E-state index contributed by atoms with van der Waals surface area (Å²) in [5.41, 5.74) is 16.1. The van der Waals surface area contributed by atoms with E-state index in [9.17, 15) is 8.42 Å². The second kappa shape index (κ2) is 7.71. The van der Waals surface area contributed by atoms with Crippen LogP contribution in [-0.2, 0) is 9.84 Å². The molecule has 0 bridgehead atoms. The maximum Gasteiger partial charge on any atom is 0.227 e. The van der Waals surface area contributed by atoms with Crippen LogP contribution < -0.4 is 11.5 Å². The van der Waals surface area contributed by atoms with Crippen LogP contribution in [0.5, 0.6) is 0 Å². The fourth-order valence-electron chi connectivity index (χ4n) is 3.87. The Hall–Kier alpha value is -4.63. The highest BCUT2D eigenvalue weighted by Crippen LogP contribution is 2.32. The molecule has 0 fully saturated rings. The van der Waals surface area contributed by atoms with E-state index in [1.54, 1.807) is 48.5 Å². The third-order valence-electron chi connectivity index (χ3n) is 5.61. The van der Waals surface area contributed by atoms with E-state index in [2.05, 4.69) is 9.97 Å². The van der Waals surface area contributed by atoms with Gasteiger partial charge in [0.1, 0.15) is 11.0 Å². The summed E-state index contributed by atoms with van der Waals surface area (Å²) in [5.74, 6) is 0.720. The Balaban J connectivity index is 1.38. The highest BCUT2D eigenvalue weighted by Gasteiger charge is 2.21. The number of sulfone groups is 1. The van der Waals surface area contributed by atoms with E-state index in [0.29, 0.717) is 56.5 Å². The molecule has 0 amide bonds. The lowest BCUT2D eigenvalue weighted by atomic mass is 10.2. The molecule has 2 aromatic heterocycles. The number of oxazole rings is 2. The first-order chi connectivity index (χ1) is 16.9. The Labute approximate surface area is 199 Å². The molecule has 0 saturated carbocycles. The van der Waals surface area contributed by atoms with Gasteiger partial charge < -0.3 is 20.3 Å². The first-order valence-electron chi connectivity index (χ1n) is 10.6. The van der Waals surface area contributed by atoms with Gasteiger partial charge in [-0.1, -0.05) is 12.1 Å². The van der Waals surface area contributed by atoms with Gasteiger partial charge in [-0.15, -0.1) is 0 Å². The maximum absolute atomic E-state index is 13.4. The molecule has 0 aliphatic rings. The zero-order valence-corrected chi connectivity index (χ0v) is 19.0. The van der Waals surface area contributed by atoms with Crippen molar-refractivity contribution in [1.29, 1.82) is 0 Å². The van der Waals surface area contributed by atoms with E-state index in [1.165, 1.54) is 24.3 Å². The SMILES string of the molecule is Nc1cccc(-c2nc3ccc(S(=O)(=O)c4ccc5nc(-c6cccc(N)c6)oc5c4)cc3o2)c1. The summed E-state index contributed by atoms with van der Waals surface area (Å²) in [7, 11) is -3.86. The lowest BCUT2D eigenvalue weighted by molar-refractivity contribution is 0.593. The lowest BCUT2D eigenvalue weighted by Gasteiger charge is -2.04. The predicted octanol–water partition coefficient (Wildman–Crippen LogP) is 5.30. The summed E-state index contributed by atoms with van der Waals surface area (Å²) in [6.45, 7) is 0. The van der Waals surface area contributed by atoms with Crippen molar-refractivity contribution in [2.45, 2.75) is 9.79 Å². The summed E-state index contributed by atoms with van der Waals surface area (Å²) in [6.07, 6.45) is 0. The Morgan fingerprint density at radius 3 is 1.49 bits per heavy atom. The van der Waals surface area contributed by atoms with Gasteiger partial charge in [0.25, 0.3) is 0 Å². The Morgan fingerprint density at radius 2 is 1.06 bits per heavy atom. The van der Waals surface area contributed by atoms with E-state index >= 15 is 0 Å². The molecule has 6 rings (SSSR count). The fraction of sp³-hybridized carbons (Fsp3) is 0. The molecular weight excluding hydrogens is 464 g/mol. The molecule has 0 unspecified atom stereocenters. The number of nitrogens with two attached hydrogens (primary N) is 2. The monoisotopic (exact) mass is 482 g/mol. The zero-order valence-electron chi connectivity index (χ0n) is 18.2. The average Bonchev–Trinajstić information content (AvgIpc) is 3.47. The van der Waals surface area contributed by atoms with Gasteiger partial charge in [-0.3, -0.25) is 0 Å². The average molecular weight is 483 g/mol. The molecule has 8 nitrogen and oxygen atoms in total. The maximum atomic E-state index is 13.4. The van der Waals surface area contributed by atoms with Crippen molar-refractivity contribution in [3.8, 4) is 22.9 Å². The number of hydrogen-bond donors (Lipinski definition) is 2. The molecule has 6 aromatic rings. The number of anilines is 2. The molecule has 2 heterocycles. The van der Waals surface area contributed by atoms with Crippen LogP contribution >= 0.6 is 0 Å². The quantitative estimate of drug-likeness (QED) is 0.323. The minimum Gasteiger partial charge on any atom is -0.436 e. The van der Waals surface area contributed by atoms with Crippen LogP contribution in [0, 0.1) is 0 Å². The standard InChI is InChI=1S/C26H18N4O4S/c27-17-5-1-3-15(11-17)25-29-21-9-7-19(13-23(21)33-25)35(31,32)20-8-10-22-24(14-20)34-26(30-22)16-4-2-6-18(28)12-16/h1-14H,27-28H2. The number of rotatable bonds is 4. The van der Waals surface area contributed by atoms with Gasteiger partial charge in [0, 0.05) is 34.6 Å². The number of nitrogens with zero attached hydrogens (tertiary/aromatic N) is 2. The summed E-state index contributed by atoms with van der Waals surface area (Å²) >= 11 is 0. The van der Waals surface area contributed by atoms with Crippen molar-refractivity contribution in [3.05, 3.63) is 84.9 Å². The third kappa shape index (κ3) is 3.68. The molecule has 9 heteroatoms. The minimum atomic E-state index is -3.86. The number of fused-ring (bicyclic) bond motifs is 2. The van der Waals surface area contributed by atoms with Gasteiger partial charge in [0.2, 0.25) is 21.6 Å². The Bertz CT molecular complexity index is 1730. The number of aromatic nitrogens is 2. The summed E-state index contributed by atoms with van der Waals surface area (Å²) in [4.78, 5) is 9.06. The van der Waals surface area contributed by atoms with E-state index in [1.807, 2.05) is 12.1 Å². The Kier molecular flexibility index (Phi) is 4.61. The summed E-state index contributed by atoms with van der Waals surface area (Å²) in [5, 5.41) is 0. The molecule has 172 valence electrons. The van der Waals surface area contributed by atoms with E-state index in [4.69, 9.17) is 20.3 Å². The van der Waals surface area contributed by atoms with Gasteiger partial charge in [-0.2, -0.15) is 0 Å². The van der Waals surface area contributed by atoms with Crippen LogP contribution in [0.15, 0.2) is 104 Å². The lowest BCUT2D eigenvalue weighted by Crippen LogP contribution is -2.01. The van der Waals surface area contributed by atoms with Crippen molar-refractivity contribution in [2.75, 3.05) is 11.5 Å². The molecule has 0 radical (unpaired) electrons. The summed E-state index contributed by atoms with van der Waals surface area (Å²) < 4.78 is 38.5. The summed E-state index contributed by atoms with van der Waals surface area (Å²) in [6, 6.07) is 23.4. The second-order valence-corrected chi connectivity index (χ2v) is 10.0. The molecule has 0 atom stereocenters. The smallest absolute Gasteiger partial charge is 0.227 e. The number of benzene rings is 4. The van der Waals surface area contributed by atoms with Crippen LogP contribution in [-0.4, -0.2) is 18.4 Å². The normalized spacial score (nSPS) is 11.9. The van der Waals surface area contributed by atoms with E-state index in [0.717, 1.165) is 0 Å². The van der Waals surface area contributed by atoms with Gasteiger partial charge in [-0.05, 0) is 60.7 Å². The second-order valence-electron chi connectivity index (χ2n) is 8.05. The van der Waals surface area contributed by atoms with Crippen molar-refractivity contribution in [1.82, 2.24) is 9.97 Å².